The van der Waals surface area contributed by atoms with Gasteiger partial charge in [0.2, 0.25) is 0 Å². The van der Waals surface area contributed by atoms with Crippen molar-refractivity contribution in [1.29, 1.82) is 0 Å². The Morgan fingerprint density at radius 3 is 1.20 bits per heavy atom. The highest BCUT2D eigenvalue weighted by atomic mass is 15.0. The lowest BCUT2D eigenvalue weighted by atomic mass is 9.34. The highest BCUT2D eigenvalue weighted by Crippen LogP contribution is 2.51. The molecule has 0 fully saturated rings. The van der Waals surface area contributed by atoms with Crippen molar-refractivity contribution in [3.63, 3.8) is 0 Å². The van der Waals surface area contributed by atoms with E-state index in [9.17, 15) is 0 Å². The third-order valence-electron chi connectivity index (χ3n) is 22.7. The van der Waals surface area contributed by atoms with Crippen LogP contribution in [-0.4, -0.2) is 25.0 Å². The zero-order chi connectivity index (χ0) is 64.2. The molecule has 16 aromatic carbocycles. The van der Waals surface area contributed by atoms with Gasteiger partial charge < -0.3 is 18.3 Å². The van der Waals surface area contributed by atoms with Crippen molar-refractivity contribution in [1.82, 2.24) is 18.3 Å². The van der Waals surface area contributed by atoms with Gasteiger partial charge in [-0.25, -0.2) is 0 Å². The van der Waals surface area contributed by atoms with Crippen molar-refractivity contribution in [3.8, 4) is 33.9 Å². The summed E-state index contributed by atoms with van der Waals surface area (Å²) in [5.41, 5.74) is 23.2. The number of para-hydroxylation sites is 4. The molecule has 20 aromatic rings. The molecule has 0 atom stereocenters. The van der Waals surface area contributed by atoms with E-state index < -0.39 is 0 Å². The first-order chi connectivity index (χ1) is 47.4. The molecular weight excluding hydrogens is 1170 g/mol. The summed E-state index contributed by atoms with van der Waals surface area (Å²) in [6, 6.07) is 105. The van der Waals surface area contributed by atoms with Crippen LogP contribution in [0.4, 0.5) is 0 Å². The Labute approximate surface area is 560 Å². The van der Waals surface area contributed by atoms with Gasteiger partial charge >= 0.3 is 0 Å². The zero-order valence-electron chi connectivity index (χ0n) is 54.8. The molecule has 22 rings (SSSR count). The monoisotopic (exact) mass is 1230 g/mol. The van der Waals surface area contributed by atoms with Crippen LogP contribution in [-0.2, 0) is 10.8 Å². The number of aromatic nitrogens is 4. The molecule has 0 spiro atoms. The molecule has 6 heterocycles. The number of fused-ring (bicyclic) bond motifs is 30. The van der Waals surface area contributed by atoms with Crippen molar-refractivity contribution in [2.24, 2.45) is 0 Å². The second-order valence-electron chi connectivity index (χ2n) is 29.8. The molecule has 5 heteroatoms. The number of nitrogens with zero attached hydrogens (tertiary/aromatic N) is 4. The Morgan fingerprint density at radius 1 is 0.247 bits per heavy atom. The quantitative estimate of drug-likeness (QED) is 0.124. The topological polar surface area (TPSA) is 19.7 Å². The second-order valence-corrected chi connectivity index (χ2v) is 29.8. The van der Waals surface area contributed by atoms with E-state index in [-0.39, 0.29) is 17.5 Å². The van der Waals surface area contributed by atoms with Crippen LogP contribution < -0.4 is 16.4 Å². The first kappa shape index (κ1) is 53.7. The molecule has 0 amide bonds. The van der Waals surface area contributed by atoms with E-state index in [2.05, 4.69) is 333 Å². The van der Waals surface area contributed by atoms with Gasteiger partial charge in [0.15, 0.2) is 0 Å². The van der Waals surface area contributed by atoms with E-state index in [1.165, 1.54) is 191 Å². The Morgan fingerprint density at radius 2 is 0.660 bits per heavy atom. The fourth-order valence-corrected chi connectivity index (χ4v) is 18.5. The van der Waals surface area contributed by atoms with Gasteiger partial charge in [0.25, 0.3) is 6.71 Å². The summed E-state index contributed by atoms with van der Waals surface area (Å²) in [6.07, 6.45) is 0. The Balaban J connectivity index is 0.973. The minimum absolute atomic E-state index is 0.0679. The minimum atomic E-state index is -0.150. The van der Waals surface area contributed by atoms with Crippen molar-refractivity contribution in [2.45, 2.75) is 52.4 Å². The largest absolute Gasteiger partial charge is 0.310 e. The molecule has 0 unspecified atom stereocenters. The summed E-state index contributed by atoms with van der Waals surface area (Å²) in [4.78, 5) is 0. The molecule has 0 bridgehead atoms. The maximum absolute atomic E-state index is 2.76. The average molecular weight is 1240 g/mol. The van der Waals surface area contributed by atoms with E-state index >= 15 is 0 Å². The van der Waals surface area contributed by atoms with E-state index in [0.717, 1.165) is 22.5 Å². The highest BCUT2D eigenvalue weighted by Gasteiger charge is 2.43. The molecule has 2 aliphatic rings. The molecule has 4 aromatic heterocycles. The lowest BCUT2D eigenvalue weighted by Crippen LogP contribution is -2.59. The zero-order valence-corrected chi connectivity index (χ0v) is 54.8. The number of hydrogen-bond donors (Lipinski definition) is 0. The van der Waals surface area contributed by atoms with E-state index in [4.69, 9.17) is 0 Å². The number of hydrogen-bond acceptors (Lipinski definition) is 0. The molecule has 0 aliphatic carbocycles. The third-order valence-corrected chi connectivity index (χ3v) is 22.7. The van der Waals surface area contributed by atoms with Gasteiger partial charge in [-0.1, -0.05) is 242 Å². The van der Waals surface area contributed by atoms with E-state index in [1.807, 2.05) is 0 Å². The lowest BCUT2D eigenvalue weighted by molar-refractivity contribution is 0.590. The average Bonchev–Trinajstić information content (AvgIpc) is 1.54. The van der Waals surface area contributed by atoms with E-state index in [1.54, 1.807) is 0 Å². The maximum atomic E-state index is 2.76. The van der Waals surface area contributed by atoms with Gasteiger partial charge in [0, 0.05) is 82.0 Å². The Bertz CT molecular complexity index is 6890. The van der Waals surface area contributed by atoms with Gasteiger partial charge in [0.1, 0.15) is 0 Å². The van der Waals surface area contributed by atoms with Gasteiger partial charge in [-0.15, -0.1) is 0 Å². The first-order valence-electron chi connectivity index (χ1n) is 34.4. The highest BCUT2D eigenvalue weighted by molar-refractivity contribution is 7.00. The SMILES string of the molecule is CC(C)(C)c1ccc2c(c1)c1cc(C(C)(C)C)cc3c1n2-c1cc(-c2ccc(-n4c5ccccc5c5ccccc54)cc2-n2c4ccccc4c4ccccc42)cc2c1B3c1cc3c4ccccc4c4ccccc4c3c3c4c5c6ccccc6c6ccccc6c5ccc4n-2c13. The smallest absolute Gasteiger partial charge is 0.252 e. The van der Waals surface area contributed by atoms with Crippen LogP contribution in [0.5, 0.6) is 0 Å². The third kappa shape index (κ3) is 6.93. The first-order valence-corrected chi connectivity index (χ1v) is 34.4. The normalized spacial score (nSPS) is 13.2. The number of rotatable bonds is 3. The van der Waals surface area contributed by atoms with Crippen LogP contribution >= 0.6 is 0 Å². The summed E-state index contributed by atoms with van der Waals surface area (Å²) < 4.78 is 10.5. The van der Waals surface area contributed by atoms with Crippen molar-refractivity contribution < 1.29 is 0 Å². The molecule has 97 heavy (non-hydrogen) atoms. The summed E-state index contributed by atoms with van der Waals surface area (Å²) in [5.74, 6) is 0. The van der Waals surface area contributed by atoms with Crippen molar-refractivity contribution >= 4 is 175 Å². The van der Waals surface area contributed by atoms with Gasteiger partial charge in [0.05, 0.1) is 44.3 Å². The molecule has 454 valence electrons. The lowest BCUT2D eigenvalue weighted by Gasteiger charge is -2.35. The number of benzene rings is 16. The summed E-state index contributed by atoms with van der Waals surface area (Å²) in [6.45, 7) is 14.1. The summed E-state index contributed by atoms with van der Waals surface area (Å²) in [7, 11) is 0. The molecule has 0 N–H and O–H groups in total. The molecule has 0 saturated carbocycles. The fraction of sp³-hybridized carbons (Fsp3) is 0.0870. The molecule has 0 radical (unpaired) electrons. The van der Waals surface area contributed by atoms with Crippen LogP contribution in [0.1, 0.15) is 52.7 Å². The minimum Gasteiger partial charge on any atom is -0.310 e. The maximum Gasteiger partial charge on any atom is 0.252 e. The van der Waals surface area contributed by atoms with Crippen LogP contribution in [0.25, 0.3) is 186 Å². The van der Waals surface area contributed by atoms with Crippen LogP contribution in [0.3, 0.4) is 0 Å². The van der Waals surface area contributed by atoms with Crippen LogP contribution in [0.15, 0.2) is 273 Å². The molecular formula is C92H63BN4. The summed E-state index contributed by atoms with van der Waals surface area (Å²) >= 11 is 0. The van der Waals surface area contributed by atoms with Crippen LogP contribution in [0, 0.1) is 0 Å². The second kappa shape index (κ2) is 18.6. The van der Waals surface area contributed by atoms with Gasteiger partial charge in [-0.2, -0.15) is 0 Å². The standard InChI is InChI=1S/C92H63BN4/c1-91(2,3)53-39-43-79-70(47-53)72-48-54(92(4,5)6)49-73-89(72)96(79)82-45-52(56-41-40-55(94-75-35-19-15-29-63(75)64-30-16-20-36-76(64)94)50-81(56)95-77-37-21-17-31-65(77)66-32-18-22-38-78(66)95)46-83-88(82)93(73)74-51-71-62-28-10-8-24-58(62)60-26-12-14-34-68(60)85(71)87-86-80(97(83)90(74)87)44-42-69-61-27-9-7-23-57(61)59-25-11-13-33-67(59)84(69)86/h7-51H,1-6H3. The van der Waals surface area contributed by atoms with Crippen molar-refractivity contribution in [3.05, 3.63) is 284 Å². The molecule has 0 saturated heterocycles. The van der Waals surface area contributed by atoms with Crippen LogP contribution in [0.2, 0.25) is 0 Å². The predicted octanol–water partition coefficient (Wildman–Crippen LogP) is 22.4. The fourth-order valence-electron chi connectivity index (χ4n) is 18.5. The molecule has 4 nitrogen and oxygen atoms in total. The van der Waals surface area contributed by atoms with E-state index in [0.29, 0.717) is 0 Å². The Hall–Kier alpha value is -11.7. The summed E-state index contributed by atoms with van der Waals surface area (Å²) in [5, 5.41) is 25.6. The molecule has 2 aliphatic heterocycles. The predicted molar refractivity (Wildman–Crippen MR) is 416 cm³/mol. The Kier molecular flexibility index (Phi) is 10.3. The van der Waals surface area contributed by atoms with Gasteiger partial charge in [-0.3, -0.25) is 0 Å². The van der Waals surface area contributed by atoms with Gasteiger partial charge in [-0.05, 0) is 171 Å². The van der Waals surface area contributed by atoms with Crippen molar-refractivity contribution in [2.75, 3.05) is 0 Å².